The van der Waals surface area contributed by atoms with E-state index in [1.54, 1.807) is 25.3 Å². The maximum absolute atomic E-state index is 15.0. The molecule has 2 aromatic carbocycles. The van der Waals surface area contributed by atoms with Gasteiger partial charge in [0.05, 0.1) is 12.2 Å². The summed E-state index contributed by atoms with van der Waals surface area (Å²) < 4.78 is 20.7. The predicted molar refractivity (Wildman–Crippen MR) is 133 cm³/mol. The summed E-state index contributed by atoms with van der Waals surface area (Å²) in [5.74, 6) is -1.03. The van der Waals surface area contributed by atoms with Crippen molar-refractivity contribution in [1.29, 1.82) is 0 Å². The van der Waals surface area contributed by atoms with Crippen LogP contribution in [-0.4, -0.2) is 32.6 Å². The van der Waals surface area contributed by atoms with Gasteiger partial charge in [0.25, 0.3) is 17.0 Å². The second kappa shape index (κ2) is 10.4. The van der Waals surface area contributed by atoms with E-state index in [1.807, 2.05) is 32.0 Å². The van der Waals surface area contributed by atoms with Gasteiger partial charge in [-0.1, -0.05) is 47.7 Å². The quantitative estimate of drug-likeness (QED) is 0.434. The first-order chi connectivity index (χ1) is 16.8. The summed E-state index contributed by atoms with van der Waals surface area (Å²) in [5, 5.41) is 8.89. The van der Waals surface area contributed by atoms with Crippen LogP contribution >= 0.6 is 11.8 Å². The van der Waals surface area contributed by atoms with Gasteiger partial charge in [0.1, 0.15) is 5.56 Å². The number of halogens is 1. The van der Waals surface area contributed by atoms with Crippen LogP contribution in [0.2, 0.25) is 0 Å². The number of benzene rings is 2. The van der Waals surface area contributed by atoms with Crippen molar-refractivity contribution < 1.29 is 18.7 Å². The number of rotatable bonds is 6. The fraction of sp³-hybridized carbons (Fsp3) is 0.308. The standard InChI is InChI=1S/C26H27FN4O3S/c1-15-8-9-19(16(2)12-15)14-31(26(33)35-4)30-24(32)21-13-17(3)28-29-25(21)34-22-7-5-6-20(23(22)27)18-10-11-18/h5-9,12-13,18H,10-11,14H2,1-4H3,(H,30,32). The lowest BCUT2D eigenvalue weighted by Crippen LogP contribution is -2.44. The molecule has 35 heavy (non-hydrogen) atoms. The average Bonchev–Trinajstić information content (AvgIpc) is 3.67. The number of thioether (sulfide) groups is 1. The highest BCUT2D eigenvalue weighted by atomic mass is 32.2. The fourth-order valence-electron chi connectivity index (χ4n) is 3.77. The van der Waals surface area contributed by atoms with Crippen molar-refractivity contribution in [3.63, 3.8) is 0 Å². The van der Waals surface area contributed by atoms with E-state index in [2.05, 4.69) is 15.6 Å². The molecule has 1 fully saturated rings. The van der Waals surface area contributed by atoms with Crippen LogP contribution < -0.4 is 10.2 Å². The molecule has 2 amide bonds. The molecule has 1 aliphatic rings. The highest BCUT2D eigenvalue weighted by Gasteiger charge is 2.29. The van der Waals surface area contributed by atoms with Gasteiger partial charge in [0.15, 0.2) is 11.6 Å². The van der Waals surface area contributed by atoms with Crippen LogP contribution in [0.4, 0.5) is 9.18 Å². The molecule has 1 N–H and O–H groups in total. The number of amides is 2. The molecule has 1 aromatic heterocycles. The van der Waals surface area contributed by atoms with E-state index in [0.29, 0.717) is 11.3 Å². The minimum atomic E-state index is -0.607. The van der Waals surface area contributed by atoms with Crippen molar-refractivity contribution in [3.8, 4) is 11.6 Å². The minimum Gasteiger partial charge on any atom is -0.434 e. The largest absolute Gasteiger partial charge is 0.434 e. The summed E-state index contributed by atoms with van der Waals surface area (Å²) >= 11 is 0.984. The molecule has 1 aliphatic carbocycles. The maximum atomic E-state index is 15.0. The predicted octanol–water partition coefficient (Wildman–Crippen LogP) is 5.84. The van der Waals surface area contributed by atoms with Crippen molar-refractivity contribution >= 4 is 22.9 Å². The maximum Gasteiger partial charge on any atom is 0.300 e. The molecule has 0 bridgehead atoms. The Bertz CT molecular complexity index is 1280. The van der Waals surface area contributed by atoms with Gasteiger partial charge in [-0.15, -0.1) is 5.10 Å². The summed E-state index contributed by atoms with van der Waals surface area (Å²) in [6.07, 6.45) is 3.53. The Morgan fingerprint density at radius 3 is 2.60 bits per heavy atom. The van der Waals surface area contributed by atoms with E-state index in [0.717, 1.165) is 41.3 Å². The van der Waals surface area contributed by atoms with Crippen molar-refractivity contribution in [1.82, 2.24) is 20.6 Å². The first-order valence-electron chi connectivity index (χ1n) is 11.3. The van der Waals surface area contributed by atoms with Gasteiger partial charge in [-0.2, -0.15) is 5.10 Å². The molecule has 1 heterocycles. The van der Waals surface area contributed by atoms with Crippen LogP contribution in [0.15, 0.2) is 42.5 Å². The molecular formula is C26H27FN4O3S. The summed E-state index contributed by atoms with van der Waals surface area (Å²) in [5.41, 5.74) is 6.81. The normalized spacial score (nSPS) is 12.8. The molecule has 0 aliphatic heterocycles. The van der Waals surface area contributed by atoms with Crippen molar-refractivity contribution in [3.05, 3.63) is 81.8 Å². The lowest BCUT2D eigenvalue weighted by atomic mass is 10.1. The molecule has 0 radical (unpaired) electrons. The van der Waals surface area contributed by atoms with Gasteiger partial charge in [-0.3, -0.25) is 15.0 Å². The van der Waals surface area contributed by atoms with Crippen LogP contribution in [-0.2, 0) is 6.54 Å². The van der Waals surface area contributed by atoms with Crippen LogP contribution in [0.25, 0.3) is 0 Å². The van der Waals surface area contributed by atoms with Crippen LogP contribution in [0.3, 0.4) is 0 Å². The van der Waals surface area contributed by atoms with Gasteiger partial charge < -0.3 is 4.74 Å². The number of carbonyl (C=O) groups excluding carboxylic acids is 2. The Labute approximate surface area is 208 Å². The third kappa shape index (κ3) is 5.79. The SMILES string of the molecule is CSC(=O)N(Cc1ccc(C)cc1C)NC(=O)c1cc(C)nnc1Oc1cccc(C2CC2)c1F. The Balaban J connectivity index is 1.60. The first kappa shape index (κ1) is 24.7. The number of aryl methyl sites for hydroxylation is 3. The Hall–Kier alpha value is -3.46. The van der Waals surface area contributed by atoms with Crippen molar-refractivity contribution in [2.75, 3.05) is 6.26 Å². The zero-order valence-electron chi connectivity index (χ0n) is 20.1. The number of aromatic nitrogens is 2. The topological polar surface area (TPSA) is 84.4 Å². The van der Waals surface area contributed by atoms with Crippen LogP contribution in [0, 0.1) is 26.6 Å². The average molecular weight is 495 g/mol. The highest BCUT2D eigenvalue weighted by molar-refractivity contribution is 8.12. The van der Waals surface area contributed by atoms with E-state index in [-0.39, 0.29) is 34.9 Å². The van der Waals surface area contributed by atoms with E-state index in [4.69, 9.17) is 4.74 Å². The van der Waals surface area contributed by atoms with E-state index < -0.39 is 11.7 Å². The van der Waals surface area contributed by atoms with E-state index >= 15 is 4.39 Å². The Morgan fingerprint density at radius 2 is 1.91 bits per heavy atom. The second-order valence-electron chi connectivity index (χ2n) is 8.67. The highest BCUT2D eigenvalue weighted by Crippen LogP contribution is 2.43. The second-order valence-corrected chi connectivity index (χ2v) is 9.42. The lowest BCUT2D eigenvalue weighted by Gasteiger charge is -2.24. The third-order valence-corrected chi connectivity index (χ3v) is 6.37. The molecule has 3 aromatic rings. The molecule has 9 heteroatoms. The number of nitrogens with zero attached hydrogens (tertiary/aromatic N) is 3. The number of hydrazine groups is 1. The lowest BCUT2D eigenvalue weighted by molar-refractivity contribution is 0.0834. The van der Waals surface area contributed by atoms with Crippen molar-refractivity contribution in [2.24, 2.45) is 0 Å². The van der Waals surface area contributed by atoms with Gasteiger partial charge in [0.2, 0.25) is 0 Å². The zero-order valence-corrected chi connectivity index (χ0v) is 20.9. The number of nitrogens with one attached hydrogen (secondary N) is 1. The van der Waals surface area contributed by atoms with Gasteiger partial charge >= 0.3 is 0 Å². The number of carbonyl (C=O) groups is 2. The summed E-state index contributed by atoms with van der Waals surface area (Å²) in [6, 6.07) is 12.4. The van der Waals surface area contributed by atoms with Crippen molar-refractivity contribution in [2.45, 2.75) is 46.1 Å². The molecule has 0 atom stereocenters. The molecule has 0 saturated heterocycles. The molecule has 0 spiro atoms. The number of ether oxygens (including phenoxy) is 1. The third-order valence-electron chi connectivity index (χ3n) is 5.80. The van der Waals surface area contributed by atoms with Crippen LogP contribution in [0.1, 0.15) is 57.1 Å². The zero-order chi connectivity index (χ0) is 25.1. The number of hydrogen-bond donors (Lipinski definition) is 1. The summed E-state index contributed by atoms with van der Waals surface area (Å²) in [4.78, 5) is 25.9. The molecule has 4 rings (SSSR count). The van der Waals surface area contributed by atoms with Crippen LogP contribution in [0.5, 0.6) is 11.6 Å². The van der Waals surface area contributed by atoms with E-state index in [1.165, 1.54) is 17.1 Å². The monoisotopic (exact) mass is 494 g/mol. The smallest absolute Gasteiger partial charge is 0.300 e. The molecular weight excluding hydrogens is 467 g/mol. The fourth-order valence-corrected chi connectivity index (χ4v) is 4.10. The first-order valence-corrected chi connectivity index (χ1v) is 12.5. The van der Waals surface area contributed by atoms with Gasteiger partial charge in [-0.05, 0) is 74.6 Å². The molecule has 0 unspecified atom stereocenters. The van der Waals surface area contributed by atoms with Gasteiger partial charge in [0, 0.05) is 0 Å². The Morgan fingerprint density at radius 1 is 1.14 bits per heavy atom. The number of hydrogen-bond acceptors (Lipinski definition) is 6. The van der Waals surface area contributed by atoms with Gasteiger partial charge in [-0.25, -0.2) is 9.40 Å². The van der Waals surface area contributed by atoms with E-state index in [9.17, 15) is 9.59 Å². The Kier molecular flexibility index (Phi) is 7.35. The molecule has 182 valence electrons. The summed E-state index contributed by atoms with van der Waals surface area (Å²) in [6.45, 7) is 5.82. The minimum absolute atomic E-state index is 0.0195. The molecule has 1 saturated carbocycles. The summed E-state index contributed by atoms with van der Waals surface area (Å²) in [7, 11) is 0. The molecule has 7 nitrogen and oxygen atoms in total.